The number of hydrogen-bond acceptors (Lipinski definition) is 4. The summed E-state index contributed by atoms with van der Waals surface area (Å²) in [4.78, 5) is 4.20. The third kappa shape index (κ3) is 4.45. The molecule has 0 bridgehead atoms. The number of methoxy groups -OCH3 is 1. The second kappa shape index (κ2) is 7.60. The van der Waals surface area contributed by atoms with Gasteiger partial charge in [0.2, 0.25) is 0 Å². The number of nitrogens with one attached hydrogen (secondary N) is 1. The van der Waals surface area contributed by atoms with E-state index in [1.165, 1.54) is 0 Å². The molecule has 1 aromatic carbocycles. The maximum absolute atomic E-state index is 11.9. The molecule has 122 valence electrons. The van der Waals surface area contributed by atoms with Crippen LogP contribution in [0.1, 0.15) is 24.8 Å². The smallest absolute Gasteiger partial charge is 0.193 e. The molecule has 1 saturated heterocycles. The Morgan fingerprint density at radius 2 is 2.18 bits per heavy atom. The van der Waals surface area contributed by atoms with Crippen molar-refractivity contribution in [3.8, 4) is 0 Å². The molecule has 0 saturated carbocycles. The number of nitrogens with zero attached hydrogens (tertiary/aromatic N) is 1. The lowest BCUT2D eigenvalue weighted by atomic mass is 10.2. The van der Waals surface area contributed by atoms with Crippen LogP contribution in [-0.4, -0.2) is 39.0 Å². The number of sulfone groups is 1. The molecule has 0 aromatic heterocycles. The van der Waals surface area contributed by atoms with E-state index in [9.17, 15) is 8.42 Å². The van der Waals surface area contributed by atoms with Crippen LogP contribution in [0.5, 0.6) is 0 Å². The molecule has 22 heavy (non-hydrogen) atoms. The Morgan fingerprint density at radius 3 is 2.91 bits per heavy atom. The van der Waals surface area contributed by atoms with E-state index in [2.05, 4.69) is 10.3 Å². The van der Waals surface area contributed by atoms with Gasteiger partial charge in [0.25, 0.3) is 0 Å². The molecule has 2 rings (SSSR count). The largest absolute Gasteiger partial charge is 0.380 e. The lowest BCUT2D eigenvalue weighted by Crippen LogP contribution is -2.32. The summed E-state index contributed by atoms with van der Waals surface area (Å²) < 4.78 is 29.0. The lowest BCUT2D eigenvalue weighted by Gasteiger charge is -2.20. The van der Waals surface area contributed by atoms with E-state index in [0.29, 0.717) is 13.0 Å². The molecule has 1 aliphatic heterocycles. The average Bonchev–Trinajstić information content (AvgIpc) is 2.48. The zero-order valence-electron chi connectivity index (χ0n) is 12.8. The van der Waals surface area contributed by atoms with Crippen LogP contribution in [0.2, 0.25) is 0 Å². The maximum Gasteiger partial charge on any atom is 0.193 e. The van der Waals surface area contributed by atoms with Crippen LogP contribution in [0.15, 0.2) is 29.3 Å². The Labute approximate surface area is 131 Å². The zero-order chi connectivity index (χ0) is 16.0. The van der Waals surface area contributed by atoms with Crippen LogP contribution in [-0.2, 0) is 21.2 Å². The fourth-order valence-electron chi connectivity index (χ4n) is 2.53. The van der Waals surface area contributed by atoms with Gasteiger partial charge in [-0.25, -0.2) is 8.42 Å². The molecule has 7 heteroatoms. The highest BCUT2D eigenvalue weighted by molar-refractivity contribution is 7.92. The van der Waals surface area contributed by atoms with E-state index in [-0.39, 0.29) is 18.3 Å². The molecule has 1 aliphatic rings. The van der Waals surface area contributed by atoms with Gasteiger partial charge in [-0.05, 0) is 18.9 Å². The number of aliphatic imine (C=N–C) groups is 1. The fraction of sp³-hybridized carbons (Fsp3) is 0.533. The molecule has 1 aromatic rings. The first-order chi connectivity index (χ1) is 10.5. The number of para-hydroxylation sites is 1. The minimum atomic E-state index is -3.02. The van der Waals surface area contributed by atoms with Crippen LogP contribution >= 0.6 is 0 Å². The maximum atomic E-state index is 11.9. The van der Waals surface area contributed by atoms with Crippen molar-refractivity contribution in [2.45, 2.75) is 31.1 Å². The van der Waals surface area contributed by atoms with Crippen molar-refractivity contribution >= 4 is 21.5 Å². The summed E-state index contributed by atoms with van der Waals surface area (Å²) in [5, 5.41) is 2.61. The summed E-state index contributed by atoms with van der Waals surface area (Å²) in [6.07, 6.45) is 2.35. The second-order valence-corrected chi connectivity index (χ2v) is 7.83. The van der Waals surface area contributed by atoms with Gasteiger partial charge < -0.3 is 15.8 Å². The van der Waals surface area contributed by atoms with E-state index in [1.807, 2.05) is 24.3 Å². The summed E-state index contributed by atoms with van der Waals surface area (Å²) in [6, 6.07) is 7.63. The molecule has 0 spiro atoms. The highest BCUT2D eigenvalue weighted by Gasteiger charge is 2.28. The number of guanidine groups is 1. The van der Waals surface area contributed by atoms with Gasteiger partial charge in [0, 0.05) is 18.4 Å². The van der Waals surface area contributed by atoms with Gasteiger partial charge >= 0.3 is 0 Å². The van der Waals surface area contributed by atoms with Crippen molar-refractivity contribution in [3.05, 3.63) is 29.8 Å². The minimum Gasteiger partial charge on any atom is -0.380 e. The van der Waals surface area contributed by atoms with Crippen LogP contribution in [0.25, 0.3) is 0 Å². The summed E-state index contributed by atoms with van der Waals surface area (Å²) in [5.74, 6) is 0.487. The van der Waals surface area contributed by atoms with Crippen molar-refractivity contribution < 1.29 is 13.2 Å². The topological polar surface area (TPSA) is 93.8 Å². The first-order valence-corrected chi connectivity index (χ1v) is 9.10. The summed E-state index contributed by atoms with van der Waals surface area (Å²) in [5.41, 5.74) is 7.66. The van der Waals surface area contributed by atoms with E-state index in [4.69, 9.17) is 10.5 Å². The monoisotopic (exact) mass is 325 g/mol. The quantitative estimate of drug-likeness (QED) is 0.632. The van der Waals surface area contributed by atoms with E-state index >= 15 is 0 Å². The van der Waals surface area contributed by atoms with Crippen LogP contribution in [0, 0.1) is 0 Å². The van der Waals surface area contributed by atoms with E-state index in [1.54, 1.807) is 7.11 Å². The van der Waals surface area contributed by atoms with Crippen molar-refractivity contribution in [1.82, 2.24) is 0 Å². The zero-order valence-corrected chi connectivity index (χ0v) is 13.6. The van der Waals surface area contributed by atoms with Gasteiger partial charge in [-0.1, -0.05) is 24.6 Å². The first kappa shape index (κ1) is 16.8. The molecule has 0 amide bonds. The van der Waals surface area contributed by atoms with Gasteiger partial charge in [0.05, 0.1) is 24.2 Å². The van der Waals surface area contributed by atoms with Crippen molar-refractivity contribution in [2.75, 3.05) is 24.7 Å². The predicted octanol–water partition coefficient (Wildman–Crippen LogP) is 1.53. The fourth-order valence-corrected chi connectivity index (χ4v) is 4.29. The van der Waals surface area contributed by atoms with Crippen molar-refractivity contribution in [3.63, 3.8) is 0 Å². The second-order valence-electron chi connectivity index (χ2n) is 5.43. The van der Waals surface area contributed by atoms with Crippen molar-refractivity contribution in [2.24, 2.45) is 10.7 Å². The Balaban J connectivity index is 2.01. The number of rotatable bonds is 5. The van der Waals surface area contributed by atoms with Crippen molar-refractivity contribution in [1.29, 1.82) is 0 Å². The molecule has 1 unspecified atom stereocenters. The Bertz CT molecular complexity index is 629. The molecule has 1 fully saturated rings. The summed E-state index contributed by atoms with van der Waals surface area (Å²) >= 11 is 0. The number of benzene rings is 1. The molecule has 3 N–H and O–H groups in total. The van der Waals surface area contributed by atoms with Gasteiger partial charge in [0.15, 0.2) is 15.8 Å². The normalized spacial score (nSPS) is 21.5. The lowest BCUT2D eigenvalue weighted by molar-refractivity contribution is 0.185. The van der Waals surface area contributed by atoms with E-state index in [0.717, 1.165) is 24.1 Å². The first-order valence-electron chi connectivity index (χ1n) is 7.38. The van der Waals surface area contributed by atoms with Gasteiger partial charge in [-0.2, -0.15) is 0 Å². The predicted molar refractivity (Wildman–Crippen MR) is 88.7 cm³/mol. The Kier molecular flexibility index (Phi) is 5.79. The van der Waals surface area contributed by atoms with Gasteiger partial charge in [-0.3, -0.25) is 4.99 Å². The number of hydrogen-bond donors (Lipinski definition) is 2. The molecule has 1 heterocycles. The van der Waals surface area contributed by atoms with Crippen LogP contribution in [0.4, 0.5) is 5.69 Å². The minimum absolute atomic E-state index is 0.216. The highest BCUT2D eigenvalue weighted by Crippen LogP contribution is 2.20. The standard InChI is InChI=1S/C15H23N3O3S/c1-21-11-12-6-2-3-8-14(12)18-15(16)17-10-13-7-4-5-9-22(13,19)20/h2-3,6,8,13H,4-5,7,9-11H2,1H3,(H3,16,17,18). The Hall–Kier alpha value is -1.60. The van der Waals surface area contributed by atoms with Crippen LogP contribution < -0.4 is 11.1 Å². The van der Waals surface area contributed by atoms with Gasteiger partial charge in [0.1, 0.15) is 0 Å². The molecular formula is C15H23N3O3S. The van der Waals surface area contributed by atoms with E-state index < -0.39 is 15.1 Å². The molecule has 0 radical (unpaired) electrons. The Morgan fingerprint density at radius 1 is 1.41 bits per heavy atom. The number of nitrogens with two attached hydrogens (primary N) is 1. The van der Waals surface area contributed by atoms with Gasteiger partial charge in [-0.15, -0.1) is 0 Å². The molecule has 0 aliphatic carbocycles. The SMILES string of the molecule is COCc1ccccc1NC(N)=NCC1CCCCS1(=O)=O. The average molecular weight is 325 g/mol. The molecular weight excluding hydrogens is 302 g/mol. The summed E-state index contributed by atoms with van der Waals surface area (Å²) in [7, 11) is -1.39. The molecule has 6 nitrogen and oxygen atoms in total. The summed E-state index contributed by atoms with van der Waals surface area (Å²) in [6.45, 7) is 0.682. The highest BCUT2D eigenvalue weighted by atomic mass is 32.2. The number of ether oxygens (including phenoxy) is 1. The third-order valence-electron chi connectivity index (χ3n) is 3.76. The number of anilines is 1. The third-order valence-corrected chi connectivity index (χ3v) is 6.02. The molecule has 1 atom stereocenters. The van der Waals surface area contributed by atoms with Crippen LogP contribution in [0.3, 0.4) is 0 Å².